The van der Waals surface area contributed by atoms with Crippen molar-refractivity contribution in [1.29, 1.82) is 0 Å². The largest absolute Gasteiger partial charge is 0.459 e. The van der Waals surface area contributed by atoms with Crippen LogP contribution < -0.4 is 10.6 Å². The molecule has 0 aliphatic heterocycles. The van der Waals surface area contributed by atoms with Gasteiger partial charge in [-0.3, -0.25) is 9.59 Å². The Morgan fingerprint density at radius 1 is 1.50 bits per heavy atom. The van der Waals surface area contributed by atoms with Gasteiger partial charge in [0.25, 0.3) is 5.91 Å². The summed E-state index contributed by atoms with van der Waals surface area (Å²) in [7, 11) is 0. The molecule has 2 amide bonds. The van der Waals surface area contributed by atoms with Crippen molar-refractivity contribution in [3.05, 3.63) is 24.2 Å². The molecule has 3 atom stereocenters. The molecule has 0 saturated heterocycles. The van der Waals surface area contributed by atoms with Crippen molar-refractivity contribution in [1.82, 2.24) is 10.6 Å². The number of aliphatic hydroxyl groups excluding tert-OH is 1. The van der Waals surface area contributed by atoms with E-state index >= 15 is 0 Å². The zero-order chi connectivity index (χ0) is 14.5. The summed E-state index contributed by atoms with van der Waals surface area (Å²) in [4.78, 5) is 23.6. The van der Waals surface area contributed by atoms with Crippen LogP contribution in [0.2, 0.25) is 0 Å². The molecule has 1 aromatic heterocycles. The lowest BCUT2D eigenvalue weighted by Crippen LogP contribution is -2.46. The average molecular weight is 280 g/mol. The summed E-state index contributed by atoms with van der Waals surface area (Å²) in [5.41, 5.74) is 0. The van der Waals surface area contributed by atoms with Crippen LogP contribution in [0.1, 0.15) is 36.7 Å². The fraction of sp³-hybridized carbons (Fsp3) is 0.571. The minimum atomic E-state index is -0.647. The SMILES string of the molecule is CC(NC(=O)c1ccco1)C(=O)NCC1CCCC1O. The maximum absolute atomic E-state index is 11.9. The Balaban J connectivity index is 1.76. The van der Waals surface area contributed by atoms with E-state index in [1.165, 1.54) is 12.3 Å². The molecule has 6 nitrogen and oxygen atoms in total. The highest BCUT2D eigenvalue weighted by Gasteiger charge is 2.26. The van der Waals surface area contributed by atoms with Gasteiger partial charge >= 0.3 is 0 Å². The van der Waals surface area contributed by atoms with Crippen molar-refractivity contribution >= 4 is 11.8 Å². The first kappa shape index (κ1) is 14.6. The smallest absolute Gasteiger partial charge is 0.287 e. The number of carbonyl (C=O) groups excluding carboxylic acids is 2. The van der Waals surface area contributed by atoms with Crippen molar-refractivity contribution in [3.63, 3.8) is 0 Å². The molecule has 1 fully saturated rings. The summed E-state index contributed by atoms with van der Waals surface area (Å²) in [6, 6.07) is 2.50. The van der Waals surface area contributed by atoms with Crippen molar-refractivity contribution in [2.24, 2.45) is 5.92 Å². The number of furan rings is 1. The van der Waals surface area contributed by atoms with Crippen molar-refractivity contribution < 1.29 is 19.1 Å². The molecule has 20 heavy (non-hydrogen) atoms. The van der Waals surface area contributed by atoms with E-state index in [2.05, 4.69) is 10.6 Å². The summed E-state index contributed by atoms with van der Waals surface area (Å²) in [5.74, 6) is -0.384. The second-order valence-corrected chi connectivity index (χ2v) is 5.18. The molecule has 3 unspecified atom stereocenters. The summed E-state index contributed by atoms with van der Waals surface area (Å²) < 4.78 is 4.95. The van der Waals surface area contributed by atoms with Crippen LogP contribution in [-0.2, 0) is 4.79 Å². The molecule has 2 rings (SSSR count). The van der Waals surface area contributed by atoms with E-state index in [-0.39, 0.29) is 23.7 Å². The Morgan fingerprint density at radius 3 is 2.90 bits per heavy atom. The van der Waals surface area contributed by atoms with Crippen LogP contribution in [-0.4, -0.2) is 35.6 Å². The topological polar surface area (TPSA) is 91.6 Å². The molecule has 3 N–H and O–H groups in total. The minimum absolute atomic E-state index is 0.118. The molecule has 1 saturated carbocycles. The van der Waals surface area contributed by atoms with Crippen LogP contribution in [0.25, 0.3) is 0 Å². The normalized spacial score (nSPS) is 23.3. The molecular formula is C14H20N2O4. The maximum Gasteiger partial charge on any atom is 0.287 e. The molecule has 1 aliphatic carbocycles. The summed E-state index contributed by atoms with van der Waals surface area (Å²) in [6.07, 6.45) is 3.79. The van der Waals surface area contributed by atoms with E-state index in [1.54, 1.807) is 13.0 Å². The Labute approximate surface area is 117 Å². The number of amides is 2. The molecule has 0 spiro atoms. The van der Waals surface area contributed by atoms with Crippen LogP contribution in [0.4, 0.5) is 0 Å². The summed E-state index contributed by atoms with van der Waals surface area (Å²) >= 11 is 0. The van der Waals surface area contributed by atoms with Gasteiger partial charge in [-0.1, -0.05) is 6.42 Å². The van der Waals surface area contributed by atoms with Crippen molar-refractivity contribution in [3.8, 4) is 0 Å². The van der Waals surface area contributed by atoms with Crippen LogP contribution in [0.5, 0.6) is 0 Å². The van der Waals surface area contributed by atoms with Crippen LogP contribution >= 0.6 is 0 Å². The standard InChI is InChI=1S/C14H20N2O4/c1-9(16-14(19)12-6-3-7-20-12)13(18)15-8-10-4-2-5-11(10)17/h3,6-7,9-11,17H,2,4-5,8H2,1H3,(H,15,18)(H,16,19). The number of nitrogens with one attached hydrogen (secondary N) is 2. The van der Waals surface area contributed by atoms with Gasteiger partial charge in [0.2, 0.25) is 5.91 Å². The van der Waals surface area contributed by atoms with E-state index in [0.717, 1.165) is 19.3 Å². The van der Waals surface area contributed by atoms with Gasteiger partial charge in [0.1, 0.15) is 6.04 Å². The summed E-state index contributed by atoms with van der Waals surface area (Å²) in [6.45, 7) is 2.06. The van der Waals surface area contributed by atoms with Gasteiger partial charge in [0, 0.05) is 12.5 Å². The molecule has 110 valence electrons. The first-order valence-corrected chi connectivity index (χ1v) is 6.88. The number of hydrogen-bond acceptors (Lipinski definition) is 4. The number of hydrogen-bond donors (Lipinski definition) is 3. The first-order chi connectivity index (χ1) is 9.58. The van der Waals surface area contributed by atoms with Gasteiger partial charge < -0.3 is 20.2 Å². The molecular weight excluding hydrogens is 260 g/mol. The predicted octanol–water partition coefficient (Wildman–Crippen LogP) is 0.675. The van der Waals surface area contributed by atoms with E-state index in [0.29, 0.717) is 6.54 Å². The van der Waals surface area contributed by atoms with Crippen molar-refractivity contribution in [2.75, 3.05) is 6.54 Å². The molecule has 0 bridgehead atoms. The molecule has 1 aromatic rings. The third-order valence-corrected chi connectivity index (χ3v) is 3.64. The summed E-state index contributed by atoms with van der Waals surface area (Å²) in [5, 5.41) is 15.0. The van der Waals surface area contributed by atoms with Crippen molar-refractivity contribution in [2.45, 2.75) is 38.3 Å². The Kier molecular flexibility index (Phi) is 4.79. The average Bonchev–Trinajstić information content (AvgIpc) is 3.07. The van der Waals surface area contributed by atoms with E-state index in [9.17, 15) is 14.7 Å². The number of rotatable bonds is 5. The van der Waals surface area contributed by atoms with Gasteiger partial charge in [-0.05, 0) is 31.9 Å². The van der Waals surface area contributed by atoms with E-state index in [4.69, 9.17) is 4.42 Å². The third kappa shape index (κ3) is 3.60. The zero-order valence-corrected chi connectivity index (χ0v) is 11.5. The zero-order valence-electron chi connectivity index (χ0n) is 11.5. The molecule has 6 heteroatoms. The second-order valence-electron chi connectivity index (χ2n) is 5.18. The first-order valence-electron chi connectivity index (χ1n) is 6.88. The fourth-order valence-electron chi connectivity index (χ4n) is 2.38. The fourth-order valence-corrected chi connectivity index (χ4v) is 2.38. The molecule has 1 heterocycles. The van der Waals surface area contributed by atoms with Crippen LogP contribution in [0, 0.1) is 5.92 Å². The van der Waals surface area contributed by atoms with E-state index < -0.39 is 11.9 Å². The van der Waals surface area contributed by atoms with E-state index in [1.807, 2.05) is 0 Å². The monoisotopic (exact) mass is 280 g/mol. The highest BCUT2D eigenvalue weighted by atomic mass is 16.3. The third-order valence-electron chi connectivity index (χ3n) is 3.64. The number of carbonyl (C=O) groups is 2. The lowest BCUT2D eigenvalue weighted by molar-refractivity contribution is -0.122. The highest BCUT2D eigenvalue weighted by molar-refractivity contribution is 5.95. The second kappa shape index (κ2) is 6.56. The van der Waals surface area contributed by atoms with Crippen LogP contribution in [0.3, 0.4) is 0 Å². The van der Waals surface area contributed by atoms with Gasteiger partial charge in [-0.25, -0.2) is 0 Å². The number of aliphatic hydroxyl groups is 1. The lowest BCUT2D eigenvalue weighted by atomic mass is 10.1. The Hall–Kier alpha value is -1.82. The quantitative estimate of drug-likeness (QED) is 0.739. The maximum atomic E-state index is 11.9. The highest BCUT2D eigenvalue weighted by Crippen LogP contribution is 2.24. The van der Waals surface area contributed by atoms with Gasteiger partial charge in [0.05, 0.1) is 12.4 Å². The molecule has 0 radical (unpaired) electrons. The predicted molar refractivity (Wildman–Crippen MR) is 72.0 cm³/mol. The minimum Gasteiger partial charge on any atom is -0.459 e. The lowest BCUT2D eigenvalue weighted by Gasteiger charge is -2.18. The van der Waals surface area contributed by atoms with Crippen LogP contribution in [0.15, 0.2) is 22.8 Å². The van der Waals surface area contributed by atoms with Gasteiger partial charge in [0.15, 0.2) is 5.76 Å². The Bertz CT molecular complexity index is 458. The molecule has 1 aliphatic rings. The Morgan fingerprint density at radius 2 is 2.30 bits per heavy atom. The van der Waals surface area contributed by atoms with Gasteiger partial charge in [-0.2, -0.15) is 0 Å². The van der Waals surface area contributed by atoms with Gasteiger partial charge in [-0.15, -0.1) is 0 Å². The molecule has 0 aromatic carbocycles.